The van der Waals surface area contributed by atoms with E-state index in [-0.39, 0.29) is 5.56 Å². The molecule has 3 heterocycles. The zero-order chi connectivity index (χ0) is 18.9. The monoisotopic (exact) mass is 358 g/mol. The van der Waals surface area contributed by atoms with Gasteiger partial charge in [0, 0.05) is 48.5 Å². The SMILES string of the molecule is CC(C)(C)N(CC1CCN(c2ccnc3[nH]c(=O)ccc23)CC1)C(=O)O. The van der Waals surface area contributed by atoms with Crippen LogP contribution in [0.4, 0.5) is 10.5 Å². The third kappa shape index (κ3) is 3.81. The van der Waals surface area contributed by atoms with E-state index in [1.165, 1.54) is 6.07 Å². The minimum absolute atomic E-state index is 0.156. The van der Waals surface area contributed by atoms with Gasteiger partial charge in [0.25, 0.3) is 0 Å². The van der Waals surface area contributed by atoms with Crippen LogP contribution in [0.5, 0.6) is 0 Å². The van der Waals surface area contributed by atoms with Crippen molar-refractivity contribution in [1.29, 1.82) is 0 Å². The fourth-order valence-electron chi connectivity index (χ4n) is 3.57. The number of amides is 1. The summed E-state index contributed by atoms with van der Waals surface area (Å²) in [5.74, 6) is 0.356. The van der Waals surface area contributed by atoms with Crippen LogP contribution >= 0.6 is 0 Å². The number of aromatic nitrogens is 2. The van der Waals surface area contributed by atoms with Gasteiger partial charge in [-0.05, 0) is 51.7 Å². The van der Waals surface area contributed by atoms with E-state index in [1.54, 1.807) is 11.1 Å². The molecule has 7 heteroatoms. The van der Waals surface area contributed by atoms with E-state index in [0.717, 1.165) is 37.0 Å². The molecular formula is C19H26N4O3. The van der Waals surface area contributed by atoms with Gasteiger partial charge in [-0.1, -0.05) is 0 Å². The summed E-state index contributed by atoms with van der Waals surface area (Å²) >= 11 is 0. The number of pyridine rings is 2. The summed E-state index contributed by atoms with van der Waals surface area (Å²) in [6.07, 6.45) is 2.73. The first-order valence-electron chi connectivity index (χ1n) is 8.99. The molecule has 0 aromatic carbocycles. The Morgan fingerprint density at radius 3 is 2.62 bits per heavy atom. The second kappa shape index (κ2) is 6.97. The van der Waals surface area contributed by atoms with Gasteiger partial charge in [-0.2, -0.15) is 0 Å². The molecule has 2 N–H and O–H groups in total. The lowest BCUT2D eigenvalue weighted by Gasteiger charge is -2.39. The predicted octanol–water partition coefficient (Wildman–Crippen LogP) is 2.92. The average Bonchev–Trinajstić information content (AvgIpc) is 2.58. The number of carbonyl (C=O) groups is 1. The number of fused-ring (bicyclic) bond motifs is 1. The lowest BCUT2D eigenvalue weighted by Crippen LogP contribution is -2.49. The maximum atomic E-state index is 11.6. The molecule has 0 spiro atoms. The number of nitrogens with zero attached hydrogens (tertiary/aromatic N) is 3. The van der Waals surface area contributed by atoms with Crippen LogP contribution in [0.25, 0.3) is 11.0 Å². The first-order chi connectivity index (χ1) is 12.3. The maximum Gasteiger partial charge on any atom is 0.407 e. The van der Waals surface area contributed by atoms with Gasteiger partial charge in [0.2, 0.25) is 5.56 Å². The zero-order valence-electron chi connectivity index (χ0n) is 15.5. The number of aromatic amines is 1. The molecule has 0 saturated carbocycles. The van der Waals surface area contributed by atoms with E-state index in [4.69, 9.17) is 0 Å². The number of anilines is 1. The van der Waals surface area contributed by atoms with Crippen molar-refractivity contribution < 1.29 is 9.90 Å². The highest BCUT2D eigenvalue weighted by molar-refractivity contribution is 5.89. The predicted molar refractivity (Wildman–Crippen MR) is 102 cm³/mol. The number of rotatable bonds is 3. The van der Waals surface area contributed by atoms with Crippen molar-refractivity contribution in [3.05, 3.63) is 34.7 Å². The van der Waals surface area contributed by atoms with Crippen molar-refractivity contribution in [2.24, 2.45) is 5.92 Å². The highest BCUT2D eigenvalue weighted by atomic mass is 16.4. The first-order valence-corrected chi connectivity index (χ1v) is 8.99. The van der Waals surface area contributed by atoms with Crippen molar-refractivity contribution in [2.45, 2.75) is 39.2 Å². The molecule has 1 aliphatic heterocycles. The Balaban J connectivity index is 1.71. The molecule has 2 aromatic rings. The number of hydrogen-bond donors (Lipinski definition) is 2. The molecule has 0 unspecified atom stereocenters. The highest BCUT2D eigenvalue weighted by Crippen LogP contribution is 2.29. The van der Waals surface area contributed by atoms with Gasteiger partial charge in [0.05, 0.1) is 0 Å². The molecule has 2 aromatic heterocycles. The summed E-state index contributed by atoms with van der Waals surface area (Å²) in [4.78, 5) is 33.9. The van der Waals surface area contributed by atoms with Gasteiger partial charge in [-0.15, -0.1) is 0 Å². The minimum atomic E-state index is -0.857. The normalized spacial score (nSPS) is 16.0. The van der Waals surface area contributed by atoms with Crippen LogP contribution in [0.1, 0.15) is 33.6 Å². The number of nitrogens with one attached hydrogen (secondary N) is 1. The van der Waals surface area contributed by atoms with Crippen LogP contribution in [-0.4, -0.2) is 51.2 Å². The highest BCUT2D eigenvalue weighted by Gasteiger charge is 2.30. The average molecular weight is 358 g/mol. The van der Waals surface area contributed by atoms with E-state index < -0.39 is 11.6 Å². The fraction of sp³-hybridized carbons (Fsp3) is 0.526. The Kier molecular flexibility index (Phi) is 4.89. The van der Waals surface area contributed by atoms with Crippen LogP contribution < -0.4 is 10.5 Å². The molecule has 140 valence electrons. The third-order valence-electron chi connectivity index (χ3n) is 5.05. The van der Waals surface area contributed by atoms with Gasteiger partial charge in [0.1, 0.15) is 5.65 Å². The number of piperidine rings is 1. The van der Waals surface area contributed by atoms with Gasteiger partial charge >= 0.3 is 6.09 Å². The van der Waals surface area contributed by atoms with Crippen molar-refractivity contribution in [3.63, 3.8) is 0 Å². The van der Waals surface area contributed by atoms with Crippen molar-refractivity contribution in [1.82, 2.24) is 14.9 Å². The quantitative estimate of drug-likeness (QED) is 0.880. The molecule has 0 bridgehead atoms. The summed E-state index contributed by atoms with van der Waals surface area (Å²) < 4.78 is 0. The molecule has 1 fully saturated rings. The van der Waals surface area contributed by atoms with Crippen molar-refractivity contribution in [3.8, 4) is 0 Å². The van der Waals surface area contributed by atoms with E-state index in [2.05, 4.69) is 14.9 Å². The third-order valence-corrected chi connectivity index (χ3v) is 5.05. The Bertz CT molecular complexity index is 848. The lowest BCUT2D eigenvalue weighted by molar-refractivity contribution is 0.0852. The van der Waals surface area contributed by atoms with Crippen LogP contribution in [-0.2, 0) is 0 Å². The molecule has 1 amide bonds. The van der Waals surface area contributed by atoms with E-state index in [0.29, 0.717) is 18.1 Å². The Morgan fingerprint density at radius 1 is 1.31 bits per heavy atom. The van der Waals surface area contributed by atoms with Crippen LogP contribution in [0, 0.1) is 5.92 Å². The topological polar surface area (TPSA) is 89.5 Å². The van der Waals surface area contributed by atoms with Crippen LogP contribution in [0.15, 0.2) is 29.2 Å². The van der Waals surface area contributed by atoms with Crippen molar-refractivity contribution in [2.75, 3.05) is 24.5 Å². The molecule has 1 aliphatic rings. The summed E-state index contributed by atoms with van der Waals surface area (Å²) in [6, 6.07) is 5.31. The lowest BCUT2D eigenvalue weighted by atomic mass is 9.93. The number of H-pyrrole nitrogens is 1. The molecule has 7 nitrogen and oxygen atoms in total. The fourth-order valence-corrected chi connectivity index (χ4v) is 3.57. The summed E-state index contributed by atoms with van der Waals surface area (Å²) in [7, 11) is 0. The largest absolute Gasteiger partial charge is 0.465 e. The van der Waals surface area contributed by atoms with Crippen LogP contribution in [0.3, 0.4) is 0 Å². The molecule has 1 saturated heterocycles. The van der Waals surface area contributed by atoms with Crippen molar-refractivity contribution >= 4 is 22.8 Å². The van der Waals surface area contributed by atoms with Gasteiger partial charge in [-0.25, -0.2) is 9.78 Å². The summed E-state index contributed by atoms with van der Waals surface area (Å²) in [6.45, 7) is 8.08. The van der Waals surface area contributed by atoms with Gasteiger partial charge < -0.3 is 19.9 Å². The Labute approximate surface area is 152 Å². The first kappa shape index (κ1) is 18.2. The number of hydrogen-bond acceptors (Lipinski definition) is 4. The molecule has 0 radical (unpaired) electrons. The second-order valence-electron chi connectivity index (χ2n) is 7.91. The smallest absolute Gasteiger partial charge is 0.407 e. The van der Waals surface area contributed by atoms with Crippen LogP contribution in [0.2, 0.25) is 0 Å². The minimum Gasteiger partial charge on any atom is -0.465 e. The maximum absolute atomic E-state index is 11.6. The number of carboxylic acid groups (broad SMARTS) is 1. The molecule has 0 aliphatic carbocycles. The Morgan fingerprint density at radius 2 is 2.00 bits per heavy atom. The zero-order valence-corrected chi connectivity index (χ0v) is 15.5. The van der Waals surface area contributed by atoms with E-state index in [1.807, 2.05) is 32.9 Å². The van der Waals surface area contributed by atoms with Gasteiger partial charge in [0.15, 0.2) is 0 Å². The molecule has 3 rings (SSSR count). The standard InChI is InChI=1S/C19H26N4O3/c1-19(2,3)23(18(25)26)12-13-7-10-22(11-8-13)15-6-9-20-17-14(15)4-5-16(24)21-17/h4-6,9,13H,7-8,10-12H2,1-3H3,(H,25,26)(H,20,21,24). The second-order valence-corrected chi connectivity index (χ2v) is 7.91. The van der Waals surface area contributed by atoms with Gasteiger partial charge in [-0.3, -0.25) is 4.79 Å². The summed E-state index contributed by atoms with van der Waals surface area (Å²) in [5, 5.41) is 10.4. The molecule has 26 heavy (non-hydrogen) atoms. The molecular weight excluding hydrogens is 332 g/mol. The van der Waals surface area contributed by atoms with E-state index in [9.17, 15) is 14.7 Å². The summed E-state index contributed by atoms with van der Waals surface area (Å²) in [5.41, 5.74) is 1.12. The Hall–Kier alpha value is -2.57. The molecule has 0 atom stereocenters. The van der Waals surface area contributed by atoms with E-state index >= 15 is 0 Å².